The van der Waals surface area contributed by atoms with Crippen LogP contribution in [0.3, 0.4) is 0 Å². The Kier molecular flexibility index (Phi) is 10.9. The molecule has 2 aromatic carbocycles. The van der Waals surface area contributed by atoms with E-state index in [4.69, 9.17) is 25.8 Å². The molecule has 13 heteroatoms. The van der Waals surface area contributed by atoms with Crippen molar-refractivity contribution in [1.82, 2.24) is 10.3 Å². The molecule has 0 aliphatic rings. The lowest BCUT2D eigenvalue weighted by Crippen LogP contribution is -2.43. The zero-order valence-corrected chi connectivity index (χ0v) is 21.0. The van der Waals surface area contributed by atoms with Crippen molar-refractivity contribution in [3.63, 3.8) is 0 Å². The summed E-state index contributed by atoms with van der Waals surface area (Å²) in [7, 11) is 0. The van der Waals surface area contributed by atoms with Crippen molar-refractivity contribution in [2.45, 2.75) is 25.6 Å². The lowest BCUT2D eigenvalue weighted by molar-refractivity contribution is -0.192. The van der Waals surface area contributed by atoms with Crippen LogP contribution in [0, 0.1) is 16.7 Å². The molecule has 0 bridgehead atoms. The first-order valence-electron chi connectivity index (χ1n) is 11.5. The number of aromatic nitrogens is 1. The largest absolute Gasteiger partial charge is 0.490 e. The van der Waals surface area contributed by atoms with E-state index < -0.39 is 30.1 Å². The van der Waals surface area contributed by atoms with Gasteiger partial charge < -0.3 is 20.9 Å². The summed E-state index contributed by atoms with van der Waals surface area (Å²) in [6.45, 7) is 1.86. The Labute approximate surface area is 226 Å². The van der Waals surface area contributed by atoms with Crippen molar-refractivity contribution in [2.24, 2.45) is 5.73 Å². The van der Waals surface area contributed by atoms with Crippen molar-refractivity contribution in [1.29, 1.82) is 10.7 Å². The number of benzene rings is 2. The molecule has 0 saturated heterocycles. The van der Waals surface area contributed by atoms with Crippen molar-refractivity contribution in [3.8, 4) is 17.2 Å². The Bertz CT molecular complexity index is 1420. The van der Waals surface area contributed by atoms with Gasteiger partial charge in [0.2, 0.25) is 0 Å². The van der Waals surface area contributed by atoms with Crippen molar-refractivity contribution >= 4 is 23.7 Å². The number of aliphatic carboxylic acids is 1. The van der Waals surface area contributed by atoms with Crippen LogP contribution >= 0.6 is 0 Å². The normalized spacial score (nSPS) is 11.2. The highest BCUT2D eigenvalue weighted by Crippen LogP contribution is 2.23. The van der Waals surface area contributed by atoms with Crippen molar-refractivity contribution in [2.75, 3.05) is 6.61 Å². The van der Waals surface area contributed by atoms with Crippen LogP contribution in [0.15, 0.2) is 66.9 Å². The fourth-order valence-electron chi connectivity index (χ4n) is 3.30. The lowest BCUT2D eigenvalue weighted by Gasteiger charge is -2.18. The summed E-state index contributed by atoms with van der Waals surface area (Å²) < 4.78 is 36.9. The maximum atomic E-state index is 12.9. The number of rotatable bonds is 8. The van der Waals surface area contributed by atoms with Gasteiger partial charge in [0.15, 0.2) is 0 Å². The summed E-state index contributed by atoms with van der Waals surface area (Å²) in [5.74, 6) is -3.94. The molecule has 1 amide bonds. The van der Waals surface area contributed by atoms with Gasteiger partial charge in [-0.25, -0.2) is 9.59 Å². The number of ether oxygens (including phenoxy) is 1. The molecule has 3 rings (SSSR count). The minimum atomic E-state index is -5.08. The van der Waals surface area contributed by atoms with Crippen LogP contribution in [0.4, 0.5) is 13.2 Å². The fraction of sp³-hybridized carbons (Fsp3) is 0.185. The molecule has 1 atom stereocenters. The predicted octanol–water partition coefficient (Wildman–Crippen LogP) is 3.44. The second-order valence-corrected chi connectivity index (χ2v) is 7.98. The molecule has 5 N–H and O–H groups in total. The number of nitrogens with zero attached hydrogens (tertiary/aromatic N) is 2. The number of nitrogen functional groups attached to an aromatic ring is 1. The van der Waals surface area contributed by atoms with Gasteiger partial charge in [-0.1, -0.05) is 30.3 Å². The Morgan fingerprint density at radius 1 is 1.15 bits per heavy atom. The van der Waals surface area contributed by atoms with E-state index in [1.807, 2.05) is 12.1 Å². The van der Waals surface area contributed by atoms with Crippen LogP contribution in [0.1, 0.15) is 34.1 Å². The molecular formula is C27H24F3N5O5. The van der Waals surface area contributed by atoms with Crippen LogP contribution < -0.4 is 11.1 Å². The standard InChI is InChI=1S/C25H23N5O3.C2HF3O2/c1-2-33-25(32)22(14-16-11-12-29-21(13-16)23(27)28)30-24(31)18-9-7-17(8-10-18)20-6-4-3-5-19(20)15-26;3-2(4,5)1(6)7/h3-13,22H,2,14H2,1H3,(H3,27,28)(H,30,31);(H,6,7)/t22-;/m0./s1. The third-order valence-electron chi connectivity index (χ3n) is 5.16. The molecule has 0 aliphatic carbocycles. The van der Waals surface area contributed by atoms with Gasteiger partial charge in [0, 0.05) is 18.2 Å². The highest BCUT2D eigenvalue weighted by molar-refractivity contribution is 5.97. The molecular weight excluding hydrogens is 531 g/mol. The SMILES string of the molecule is CCOC(=O)[C@H](Cc1ccnc(C(=N)N)c1)NC(=O)c1ccc(-c2ccccc2C#N)cc1.O=C(O)C(F)(F)F. The number of halogens is 3. The van der Waals surface area contributed by atoms with E-state index in [9.17, 15) is 28.0 Å². The zero-order valence-electron chi connectivity index (χ0n) is 21.0. The first-order chi connectivity index (χ1) is 18.9. The van der Waals surface area contributed by atoms with Gasteiger partial charge in [-0.15, -0.1) is 0 Å². The second-order valence-electron chi connectivity index (χ2n) is 7.98. The van der Waals surface area contributed by atoms with E-state index in [2.05, 4.69) is 16.4 Å². The maximum Gasteiger partial charge on any atom is 0.490 e. The van der Waals surface area contributed by atoms with E-state index >= 15 is 0 Å². The van der Waals surface area contributed by atoms with Crippen LogP contribution in [-0.4, -0.2) is 52.6 Å². The molecule has 0 unspecified atom stereocenters. The first-order valence-corrected chi connectivity index (χ1v) is 11.5. The number of hydrogen-bond donors (Lipinski definition) is 4. The van der Waals surface area contributed by atoms with Gasteiger partial charge in [0.25, 0.3) is 5.91 Å². The molecule has 3 aromatic rings. The van der Waals surface area contributed by atoms with Crippen LogP contribution in [0.5, 0.6) is 0 Å². The number of carboxylic acid groups (broad SMARTS) is 1. The zero-order chi connectivity index (χ0) is 29.9. The third-order valence-corrected chi connectivity index (χ3v) is 5.16. The molecule has 40 heavy (non-hydrogen) atoms. The number of amides is 1. The molecule has 1 heterocycles. The number of carbonyl (C=O) groups is 3. The lowest BCUT2D eigenvalue weighted by atomic mass is 9.99. The number of pyridine rings is 1. The maximum absolute atomic E-state index is 12.9. The summed E-state index contributed by atoms with van der Waals surface area (Å²) in [4.78, 5) is 38.3. The Morgan fingerprint density at radius 2 is 1.77 bits per heavy atom. The van der Waals surface area contributed by atoms with Gasteiger partial charge in [0.1, 0.15) is 17.6 Å². The first kappa shape index (κ1) is 31.0. The Balaban J connectivity index is 0.000000708. The summed E-state index contributed by atoms with van der Waals surface area (Å²) >= 11 is 0. The third kappa shape index (κ3) is 8.95. The number of esters is 1. The summed E-state index contributed by atoms with van der Waals surface area (Å²) in [5, 5.41) is 26.7. The number of nitrogens with two attached hydrogens (primary N) is 1. The quantitative estimate of drug-likeness (QED) is 0.185. The van der Waals surface area contributed by atoms with Gasteiger partial charge in [-0.3, -0.25) is 15.2 Å². The Hall–Kier alpha value is -5.25. The summed E-state index contributed by atoms with van der Waals surface area (Å²) in [5.41, 5.74) is 8.94. The Morgan fingerprint density at radius 3 is 2.33 bits per heavy atom. The molecule has 208 valence electrons. The second kappa shape index (κ2) is 14.1. The molecule has 0 saturated carbocycles. The van der Waals surface area contributed by atoms with Crippen molar-refractivity contribution < 1.29 is 37.4 Å². The molecule has 0 radical (unpaired) electrons. The van der Waals surface area contributed by atoms with E-state index in [0.717, 1.165) is 11.1 Å². The average Bonchev–Trinajstić information content (AvgIpc) is 2.92. The van der Waals surface area contributed by atoms with Gasteiger partial charge >= 0.3 is 18.1 Å². The predicted molar refractivity (Wildman–Crippen MR) is 137 cm³/mol. The number of nitrogens with one attached hydrogen (secondary N) is 2. The average molecular weight is 556 g/mol. The molecule has 0 spiro atoms. The fourth-order valence-corrected chi connectivity index (χ4v) is 3.30. The minimum Gasteiger partial charge on any atom is -0.475 e. The smallest absolute Gasteiger partial charge is 0.475 e. The topological polar surface area (TPSA) is 179 Å². The number of nitriles is 1. The molecule has 1 aromatic heterocycles. The van der Waals surface area contributed by atoms with Crippen LogP contribution in [0.2, 0.25) is 0 Å². The van der Waals surface area contributed by atoms with E-state index in [0.29, 0.717) is 16.7 Å². The monoisotopic (exact) mass is 555 g/mol. The number of amidine groups is 1. The number of alkyl halides is 3. The molecule has 0 aliphatic heterocycles. The number of carbonyl (C=O) groups excluding carboxylic acids is 2. The molecule has 0 fully saturated rings. The minimum absolute atomic E-state index is 0.154. The van der Waals surface area contributed by atoms with Crippen LogP contribution in [0.25, 0.3) is 11.1 Å². The van der Waals surface area contributed by atoms with Gasteiger partial charge in [-0.05, 0) is 53.9 Å². The summed E-state index contributed by atoms with van der Waals surface area (Å²) in [6.07, 6.45) is -3.44. The highest BCUT2D eigenvalue weighted by Gasteiger charge is 2.38. The summed E-state index contributed by atoms with van der Waals surface area (Å²) in [6, 6.07) is 18.5. The van der Waals surface area contributed by atoms with Crippen LogP contribution in [-0.2, 0) is 20.7 Å². The van der Waals surface area contributed by atoms with E-state index in [1.54, 1.807) is 55.5 Å². The molecule has 10 nitrogen and oxygen atoms in total. The van der Waals surface area contributed by atoms with Crippen molar-refractivity contribution in [3.05, 3.63) is 89.2 Å². The van der Waals surface area contributed by atoms with Gasteiger partial charge in [-0.2, -0.15) is 18.4 Å². The van der Waals surface area contributed by atoms with E-state index in [-0.39, 0.29) is 24.6 Å². The van der Waals surface area contributed by atoms with E-state index in [1.165, 1.54) is 6.20 Å². The van der Waals surface area contributed by atoms with Gasteiger partial charge in [0.05, 0.1) is 18.2 Å². The highest BCUT2D eigenvalue weighted by atomic mass is 19.4. The number of carboxylic acids is 1. The number of hydrogen-bond acceptors (Lipinski definition) is 7.